The molecule has 1 aromatic heterocycles. The van der Waals surface area contributed by atoms with Gasteiger partial charge >= 0.3 is 0 Å². The van der Waals surface area contributed by atoms with E-state index in [-0.39, 0.29) is 5.91 Å². The molecule has 16 heavy (non-hydrogen) atoms. The number of hydrogen-bond acceptors (Lipinski definition) is 2. The molecule has 0 spiro atoms. The minimum Gasteiger partial charge on any atom is -0.463 e. The molecule has 0 aliphatic rings. The summed E-state index contributed by atoms with van der Waals surface area (Å²) in [4.78, 5) is 11.4. The first-order chi connectivity index (χ1) is 7.72. The van der Waals surface area contributed by atoms with E-state index in [1.165, 1.54) is 6.26 Å². The normalized spacial score (nSPS) is 9.50. The minimum atomic E-state index is -0.116. The van der Waals surface area contributed by atoms with E-state index in [9.17, 15) is 4.79 Å². The summed E-state index contributed by atoms with van der Waals surface area (Å²) in [7, 11) is 1.61. The number of carbonyl (C=O) groups is 1. The molecule has 3 heteroatoms. The van der Waals surface area contributed by atoms with Gasteiger partial charge in [0.25, 0.3) is 5.91 Å². The largest absolute Gasteiger partial charge is 0.463 e. The van der Waals surface area contributed by atoms with Crippen LogP contribution < -0.4 is 5.32 Å². The van der Waals surface area contributed by atoms with Crippen LogP contribution in [0.25, 0.3) is 11.0 Å². The van der Waals surface area contributed by atoms with E-state index in [1.807, 2.05) is 39.0 Å². The van der Waals surface area contributed by atoms with E-state index in [1.54, 1.807) is 7.05 Å². The summed E-state index contributed by atoms with van der Waals surface area (Å²) >= 11 is 0. The average Bonchev–Trinajstić information content (AvgIpc) is 2.73. The van der Waals surface area contributed by atoms with Gasteiger partial charge in [-0.3, -0.25) is 4.79 Å². The van der Waals surface area contributed by atoms with Crippen LogP contribution in [-0.2, 0) is 0 Å². The number of furan rings is 1. The number of rotatable bonds is 1. The Bertz CT molecular complexity index is 486. The molecule has 0 aliphatic heterocycles. The molecule has 2 aromatic rings. The SMILES string of the molecule is CC.CNC(=O)c1coc2ccc(C)cc12. The van der Waals surface area contributed by atoms with Gasteiger partial charge in [-0.1, -0.05) is 25.5 Å². The quantitative estimate of drug-likeness (QED) is 0.800. The zero-order valence-corrected chi connectivity index (χ0v) is 10.1. The molecular formula is C13H17NO2. The summed E-state index contributed by atoms with van der Waals surface area (Å²) in [5.74, 6) is -0.116. The van der Waals surface area contributed by atoms with Gasteiger partial charge in [0.1, 0.15) is 11.8 Å². The highest BCUT2D eigenvalue weighted by Gasteiger charge is 2.11. The Morgan fingerprint density at radius 1 is 1.31 bits per heavy atom. The minimum absolute atomic E-state index is 0.116. The summed E-state index contributed by atoms with van der Waals surface area (Å²) < 4.78 is 5.27. The predicted octanol–water partition coefficient (Wildman–Crippen LogP) is 3.13. The van der Waals surface area contributed by atoms with Crippen molar-refractivity contribution < 1.29 is 9.21 Å². The van der Waals surface area contributed by atoms with Crippen LogP contribution in [0.15, 0.2) is 28.9 Å². The maximum Gasteiger partial charge on any atom is 0.254 e. The van der Waals surface area contributed by atoms with Crippen LogP contribution in [0.4, 0.5) is 0 Å². The highest BCUT2D eigenvalue weighted by Crippen LogP contribution is 2.21. The Kier molecular flexibility index (Phi) is 4.11. The fourth-order valence-electron chi connectivity index (χ4n) is 1.45. The van der Waals surface area contributed by atoms with Crippen molar-refractivity contribution in [2.45, 2.75) is 20.8 Å². The molecule has 1 aromatic carbocycles. The Morgan fingerprint density at radius 2 is 2.00 bits per heavy atom. The molecule has 0 saturated carbocycles. The molecular weight excluding hydrogens is 202 g/mol. The predicted molar refractivity (Wildman–Crippen MR) is 65.7 cm³/mol. The maximum atomic E-state index is 11.4. The van der Waals surface area contributed by atoms with Crippen LogP contribution in [0, 0.1) is 6.92 Å². The first kappa shape index (κ1) is 12.3. The van der Waals surface area contributed by atoms with Crippen molar-refractivity contribution in [2.24, 2.45) is 0 Å². The molecule has 1 N–H and O–H groups in total. The first-order valence-electron chi connectivity index (χ1n) is 5.42. The van der Waals surface area contributed by atoms with Crippen LogP contribution in [0.1, 0.15) is 29.8 Å². The average molecular weight is 219 g/mol. The molecule has 0 bridgehead atoms. The summed E-state index contributed by atoms with van der Waals surface area (Å²) in [6, 6.07) is 5.78. The van der Waals surface area contributed by atoms with E-state index in [0.29, 0.717) is 5.56 Å². The Balaban J connectivity index is 0.000000606. The summed E-state index contributed by atoms with van der Waals surface area (Å²) in [6.07, 6.45) is 1.49. The Hall–Kier alpha value is -1.77. The highest BCUT2D eigenvalue weighted by atomic mass is 16.3. The Labute approximate surface area is 95.4 Å². The molecule has 0 saturated heterocycles. The third-order valence-electron chi connectivity index (χ3n) is 2.20. The maximum absolute atomic E-state index is 11.4. The third kappa shape index (κ3) is 2.24. The Morgan fingerprint density at radius 3 is 2.62 bits per heavy atom. The zero-order chi connectivity index (χ0) is 12.1. The molecule has 2 rings (SSSR count). The monoisotopic (exact) mass is 219 g/mol. The number of benzene rings is 1. The van der Waals surface area contributed by atoms with Crippen molar-refractivity contribution in [3.63, 3.8) is 0 Å². The fraction of sp³-hybridized carbons (Fsp3) is 0.308. The van der Waals surface area contributed by atoms with Crippen molar-refractivity contribution >= 4 is 16.9 Å². The third-order valence-corrected chi connectivity index (χ3v) is 2.20. The van der Waals surface area contributed by atoms with Crippen LogP contribution in [0.3, 0.4) is 0 Å². The molecule has 0 radical (unpaired) electrons. The van der Waals surface area contributed by atoms with Gasteiger partial charge in [0.05, 0.1) is 5.56 Å². The van der Waals surface area contributed by atoms with Gasteiger partial charge in [-0.05, 0) is 19.1 Å². The molecule has 0 fully saturated rings. The van der Waals surface area contributed by atoms with Crippen LogP contribution in [-0.4, -0.2) is 13.0 Å². The van der Waals surface area contributed by atoms with E-state index >= 15 is 0 Å². The highest BCUT2D eigenvalue weighted by molar-refractivity contribution is 6.05. The van der Waals surface area contributed by atoms with Crippen molar-refractivity contribution in [1.29, 1.82) is 0 Å². The van der Waals surface area contributed by atoms with Gasteiger partial charge in [0.15, 0.2) is 0 Å². The smallest absolute Gasteiger partial charge is 0.254 e. The molecule has 0 atom stereocenters. The number of nitrogens with one attached hydrogen (secondary N) is 1. The van der Waals surface area contributed by atoms with Gasteiger partial charge in [-0.25, -0.2) is 0 Å². The van der Waals surface area contributed by atoms with Gasteiger partial charge in [-0.2, -0.15) is 0 Å². The molecule has 0 aliphatic carbocycles. The van der Waals surface area contributed by atoms with Gasteiger partial charge in [0.2, 0.25) is 0 Å². The summed E-state index contributed by atoms with van der Waals surface area (Å²) in [6.45, 7) is 5.99. The number of aryl methyl sites for hydroxylation is 1. The van der Waals surface area contributed by atoms with Crippen LogP contribution in [0.5, 0.6) is 0 Å². The number of amides is 1. The van der Waals surface area contributed by atoms with Crippen molar-refractivity contribution in [1.82, 2.24) is 5.32 Å². The molecule has 1 heterocycles. The second kappa shape index (κ2) is 5.35. The lowest BCUT2D eigenvalue weighted by atomic mass is 10.1. The summed E-state index contributed by atoms with van der Waals surface area (Å²) in [5.41, 5.74) is 2.45. The first-order valence-corrected chi connectivity index (χ1v) is 5.42. The molecule has 1 amide bonds. The fourth-order valence-corrected chi connectivity index (χ4v) is 1.45. The molecule has 0 unspecified atom stereocenters. The number of carbonyl (C=O) groups excluding carboxylic acids is 1. The number of fused-ring (bicyclic) bond motifs is 1. The van der Waals surface area contributed by atoms with E-state index in [4.69, 9.17) is 4.42 Å². The lowest BCUT2D eigenvalue weighted by Gasteiger charge is -1.96. The van der Waals surface area contributed by atoms with E-state index in [2.05, 4.69) is 5.32 Å². The standard InChI is InChI=1S/C11H11NO2.C2H6/c1-7-3-4-10-8(5-7)9(6-14-10)11(13)12-2;1-2/h3-6H,1-2H3,(H,12,13);1-2H3. The lowest BCUT2D eigenvalue weighted by molar-refractivity contribution is 0.0964. The van der Waals surface area contributed by atoms with E-state index in [0.717, 1.165) is 16.5 Å². The van der Waals surface area contributed by atoms with Crippen molar-refractivity contribution in [3.05, 3.63) is 35.6 Å². The number of hydrogen-bond donors (Lipinski definition) is 1. The molecule has 86 valence electrons. The van der Waals surface area contributed by atoms with Crippen molar-refractivity contribution in [2.75, 3.05) is 7.05 Å². The van der Waals surface area contributed by atoms with Crippen LogP contribution >= 0.6 is 0 Å². The van der Waals surface area contributed by atoms with Crippen molar-refractivity contribution in [3.8, 4) is 0 Å². The van der Waals surface area contributed by atoms with Gasteiger partial charge < -0.3 is 9.73 Å². The second-order valence-corrected chi connectivity index (χ2v) is 3.23. The zero-order valence-electron chi connectivity index (χ0n) is 10.1. The van der Waals surface area contributed by atoms with Crippen LogP contribution in [0.2, 0.25) is 0 Å². The molecule has 3 nitrogen and oxygen atoms in total. The topological polar surface area (TPSA) is 42.2 Å². The lowest BCUT2D eigenvalue weighted by Crippen LogP contribution is -2.17. The van der Waals surface area contributed by atoms with Gasteiger partial charge in [0, 0.05) is 12.4 Å². The second-order valence-electron chi connectivity index (χ2n) is 3.23. The van der Waals surface area contributed by atoms with E-state index < -0.39 is 0 Å². The summed E-state index contributed by atoms with van der Waals surface area (Å²) in [5, 5.41) is 3.45. The van der Waals surface area contributed by atoms with Gasteiger partial charge in [-0.15, -0.1) is 0 Å².